The van der Waals surface area contributed by atoms with Gasteiger partial charge < -0.3 is 31.3 Å². The van der Waals surface area contributed by atoms with Gasteiger partial charge in [0.05, 0.1) is 0 Å². The van der Waals surface area contributed by atoms with Gasteiger partial charge in [0.1, 0.15) is 24.4 Å². The molecule has 0 aliphatic rings. The number of benzene rings is 2. The molecular weight excluding hydrogens is 418 g/mol. The van der Waals surface area contributed by atoms with Crippen molar-refractivity contribution in [3.8, 4) is 5.75 Å². The lowest BCUT2D eigenvalue weighted by Gasteiger charge is -2.21. The number of nitrogens with one attached hydrogen (secondary N) is 2. The number of amides is 3. The molecule has 2 rings (SSSR count). The van der Waals surface area contributed by atoms with Crippen molar-refractivity contribution in [1.82, 2.24) is 10.6 Å². The minimum atomic E-state index is -1.30. The Hall–Kier alpha value is -4.08. The molecule has 170 valence electrons. The van der Waals surface area contributed by atoms with E-state index in [0.717, 1.165) is 5.56 Å². The number of alkyl carbamates (subject to hydrolysis) is 1. The van der Waals surface area contributed by atoms with Crippen LogP contribution in [-0.2, 0) is 32.1 Å². The number of hydrogen-bond donors (Lipinski definition) is 5. The first-order chi connectivity index (χ1) is 15.2. The lowest BCUT2D eigenvalue weighted by Crippen LogP contribution is -2.52. The van der Waals surface area contributed by atoms with Crippen molar-refractivity contribution in [2.24, 2.45) is 5.73 Å². The molecule has 0 fully saturated rings. The van der Waals surface area contributed by atoms with Crippen molar-refractivity contribution in [3.05, 3.63) is 65.7 Å². The molecule has 10 heteroatoms. The van der Waals surface area contributed by atoms with Crippen LogP contribution in [0.15, 0.2) is 54.6 Å². The van der Waals surface area contributed by atoms with E-state index in [0.29, 0.717) is 5.56 Å². The van der Waals surface area contributed by atoms with Gasteiger partial charge >= 0.3 is 12.1 Å². The minimum Gasteiger partial charge on any atom is -0.508 e. The Morgan fingerprint density at radius 1 is 0.906 bits per heavy atom. The van der Waals surface area contributed by atoms with Gasteiger partial charge in [-0.3, -0.25) is 9.59 Å². The highest BCUT2D eigenvalue weighted by atomic mass is 16.5. The molecule has 0 heterocycles. The van der Waals surface area contributed by atoms with Gasteiger partial charge in [-0.05, 0) is 29.7 Å². The van der Waals surface area contributed by atoms with Gasteiger partial charge in [-0.15, -0.1) is 0 Å². The van der Waals surface area contributed by atoms with Crippen molar-refractivity contribution < 1.29 is 34.1 Å². The molecule has 6 N–H and O–H groups in total. The summed E-state index contributed by atoms with van der Waals surface area (Å²) in [5.74, 6) is -2.74. The number of primary amides is 1. The minimum absolute atomic E-state index is 0.0226. The van der Waals surface area contributed by atoms with E-state index >= 15 is 0 Å². The van der Waals surface area contributed by atoms with E-state index in [4.69, 9.17) is 10.5 Å². The van der Waals surface area contributed by atoms with Crippen LogP contribution in [0.2, 0.25) is 0 Å². The van der Waals surface area contributed by atoms with Crippen LogP contribution in [0.25, 0.3) is 0 Å². The van der Waals surface area contributed by atoms with Gasteiger partial charge in [-0.1, -0.05) is 42.5 Å². The van der Waals surface area contributed by atoms with Crippen molar-refractivity contribution >= 4 is 23.9 Å². The van der Waals surface area contributed by atoms with Crippen LogP contribution in [-0.4, -0.2) is 46.2 Å². The maximum absolute atomic E-state index is 12.7. The Balaban J connectivity index is 2.01. The van der Waals surface area contributed by atoms with E-state index in [-0.39, 0.29) is 31.6 Å². The molecular formula is C22H25N3O7. The topological polar surface area (TPSA) is 168 Å². The Labute approximate surface area is 184 Å². The molecule has 0 saturated heterocycles. The number of carboxylic acids is 1. The summed E-state index contributed by atoms with van der Waals surface area (Å²) in [5.41, 5.74) is 6.45. The van der Waals surface area contributed by atoms with Crippen molar-refractivity contribution in [2.45, 2.75) is 38.0 Å². The lowest BCUT2D eigenvalue weighted by atomic mass is 10.0. The van der Waals surface area contributed by atoms with E-state index in [1.54, 1.807) is 24.3 Å². The van der Waals surface area contributed by atoms with Crippen LogP contribution in [0.3, 0.4) is 0 Å². The molecule has 3 amide bonds. The molecule has 2 aromatic carbocycles. The van der Waals surface area contributed by atoms with Gasteiger partial charge in [0.25, 0.3) is 0 Å². The van der Waals surface area contributed by atoms with E-state index < -0.39 is 36.0 Å². The SMILES string of the molecule is NC(=O)CC[C@@H](NC(=O)OCc1ccccc1)C(=O)N[C@@H](Cc1ccc(O)cc1)C(=O)O. The first-order valence-electron chi connectivity index (χ1n) is 9.81. The third-order valence-electron chi connectivity index (χ3n) is 4.49. The molecule has 0 aliphatic heterocycles. The number of phenolic OH excluding ortho intramolecular Hbond substituents is 1. The van der Waals surface area contributed by atoms with E-state index in [1.807, 2.05) is 6.07 Å². The fourth-order valence-electron chi connectivity index (χ4n) is 2.80. The zero-order chi connectivity index (χ0) is 23.5. The maximum Gasteiger partial charge on any atom is 0.408 e. The Morgan fingerprint density at radius 2 is 1.56 bits per heavy atom. The summed E-state index contributed by atoms with van der Waals surface area (Å²) in [6.45, 7) is -0.0323. The monoisotopic (exact) mass is 443 g/mol. The molecule has 0 saturated carbocycles. The van der Waals surface area contributed by atoms with E-state index in [9.17, 15) is 29.4 Å². The normalized spacial score (nSPS) is 12.2. The summed E-state index contributed by atoms with van der Waals surface area (Å²) >= 11 is 0. The summed E-state index contributed by atoms with van der Waals surface area (Å²) in [6, 6.07) is 12.2. The number of hydrogen-bond acceptors (Lipinski definition) is 6. The highest BCUT2D eigenvalue weighted by molar-refractivity contribution is 5.89. The van der Waals surface area contributed by atoms with E-state index in [2.05, 4.69) is 10.6 Å². The predicted octanol–water partition coefficient (Wildman–Crippen LogP) is 1.06. The first kappa shape index (κ1) is 24.2. The third kappa shape index (κ3) is 8.34. The van der Waals surface area contributed by atoms with Crippen LogP contribution in [0.1, 0.15) is 24.0 Å². The molecule has 10 nitrogen and oxygen atoms in total. The Bertz CT molecular complexity index is 932. The van der Waals surface area contributed by atoms with Crippen molar-refractivity contribution in [2.75, 3.05) is 0 Å². The van der Waals surface area contributed by atoms with Crippen LogP contribution in [0.5, 0.6) is 5.75 Å². The second kappa shape index (κ2) is 11.9. The number of carboxylic acid groups (broad SMARTS) is 1. The summed E-state index contributed by atoms with van der Waals surface area (Å²) in [6.07, 6.45) is -1.29. The molecule has 2 aromatic rings. The Kier molecular flexibility index (Phi) is 9.03. The summed E-state index contributed by atoms with van der Waals surface area (Å²) in [5, 5.41) is 23.5. The number of rotatable bonds is 11. The van der Waals surface area contributed by atoms with Crippen LogP contribution >= 0.6 is 0 Å². The highest BCUT2D eigenvalue weighted by Crippen LogP contribution is 2.12. The van der Waals surface area contributed by atoms with Crippen LogP contribution in [0.4, 0.5) is 4.79 Å². The van der Waals surface area contributed by atoms with Crippen LogP contribution in [0, 0.1) is 0 Å². The number of aliphatic carboxylic acids is 1. The molecule has 0 unspecified atom stereocenters. The van der Waals surface area contributed by atoms with Gasteiger partial charge in [0.2, 0.25) is 11.8 Å². The lowest BCUT2D eigenvalue weighted by molar-refractivity contribution is -0.142. The quantitative estimate of drug-likeness (QED) is 0.346. The van der Waals surface area contributed by atoms with Gasteiger partial charge in [0.15, 0.2) is 0 Å². The number of nitrogens with two attached hydrogens (primary N) is 1. The molecule has 0 spiro atoms. The third-order valence-corrected chi connectivity index (χ3v) is 4.49. The predicted molar refractivity (Wildman–Crippen MR) is 113 cm³/mol. The summed E-state index contributed by atoms with van der Waals surface area (Å²) in [7, 11) is 0. The second-order valence-electron chi connectivity index (χ2n) is 7.03. The number of phenols is 1. The standard InChI is InChI=1S/C22H25N3O7/c23-19(27)11-10-17(25-22(31)32-13-15-4-2-1-3-5-15)20(28)24-18(21(29)30)12-14-6-8-16(26)9-7-14/h1-9,17-18,26H,10-13H2,(H2,23,27)(H,24,28)(H,25,31)(H,29,30)/t17-,18+/m1/s1. The Morgan fingerprint density at radius 3 is 2.16 bits per heavy atom. The van der Waals surface area contributed by atoms with Crippen molar-refractivity contribution in [1.29, 1.82) is 0 Å². The molecule has 0 aliphatic carbocycles. The summed E-state index contributed by atoms with van der Waals surface area (Å²) < 4.78 is 5.09. The number of ether oxygens (including phenoxy) is 1. The molecule has 2 atom stereocenters. The average Bonchev–Trinajstić information content (AvgIpc) is 2.76. The van der Waals surface area contributed by atoms with Gasteiger partial charge in [-0.2, -0.15) is 0 Å². The molecule has 0 radical (unpaired) electrons. The molecule has 32 heavy (non-hydrogen) atoms. The second-order valence-corrected chi connectivity index (χ2v) is 7.03. The molecule has 0 aromatic heterocycles. The fourth-order valence-corrected chi connectivity index (χ4v) is 2.80. The van der Waals surface area contributed by atoms with E-state index in [1.165, 1.54) is 24.3 Å². The molecule has 0 bridgehead atoms. The van der Waals surface area contributed by atoms with Gasteiger partial charge in [-0.25, -0.2) is 9.59 Å². The highest BCUT2D eigenvalue weighted by Gasteiger charge is 2.27. The zero-order valence-corrected chi connectivity index (χ0v) is 17.2. The van der Waals surface area contributed by atoms with Gasteiger partial charge in [0, 0.05) is 12.8 Å². The average molecular weight is 443 g/mol. The van der Waals surface area contributed by atoms with Crippen LogP contribution < -0.4 is 16.4 Å². The number of aromatic hydroxyl groups is 1. The summed E-state index contributed by atoms with van der Waals surface area (Å²) in [4.78, 5) is 47.6. The largest absolute Gasteiger partial charge is 0.508 e. The smallest absolute Gasteiger partial charge is 0.408 e. The first-order valence-corrected chi connectivity index (χ1v) is 9.81. The zero-order valence-electron chi connectivity index (χ0n) is 17.2. The maximum atomic E-state index is 12.7. The number of carbonyl (C=O) groups excluding carboxylic acids is 3. The van der Waals surface area contributed by atoms with Crippen molar-refractivity contribution in [3.63, 3.8) is 0 Å². The number of carbonyl (C=O) groups is 4. The fraction of sp³-hybridized carbons (Fsp3) is 0.273.